The van der Waals surface area contributed by atoms with E-state index in [1.807, 2.05) is 24.8 Å². The van der Waals surface area contributed by atoms with Gasteiger partial charge in [-0.3, -0.25) is 9.59 Å². The predicted molar refractivity (Wildman–Crippen MR) is 89.7 cm³/mol. The lowest BCUT2D eigenvalue weighted by atomic mass is 10.1. The zero-order valence-corrected chi connectivity index (χ0v) is 14.6. The van der Waals surface area contributed by atoms with Crippen molar-refractivity contribution in [3.63, 3.8) is 0 Å². The molecule has 1 heterocycles. The van der Waals surface area contributed by atoms with E-state index in [2.05, 4.69) is 0 Å². The summed E-state index contributed by atoms with van der Waals surface area (Å²) in [5.74, 6) is -0.0364. The summed E-state index contributed by atoms with van der Waals surface area (Å²) in [7, 11) is 0. The fourth-order valence-electron chi connectivity index (χ4n) is 2.58. The third-order valence-corrected chi connectivity index (χ3v) is 5.47. The van der Waals surface area contributed by atoms with Gasteiger partial charge in [0, 0.05) is 38.0 Å². The Morgan fingerprint density at radius 2 is 1.74 bits per heavy atom. The van der Waals surface area contributed by atoms with E-state index in [-0.39, 0.29) is 28.8 Å². The van der Waals surface area contributed by atoms with E-state index in [1.165, 1.54) is 23.9 Å². The van der Waals surface area contributed by atoms with Crippen LogP contribution in [0.3, 0.4) is 0 Å². The molecular weight excluding hydrogens is 315 g/mol. The van der Waals surface area contributed by atoms with Crippen molar-refractivity contribution in [3.8, 4) is 0 Å². The molecule has 0 N–H and O–H groups in total. The van der Waals surface area contributed by atoms with Crippen LogP contribution in [-0.4, -0.2) is 53.0 Å². The summed E-state index contributed by atoms with van der Waals surface area (Å²) in [6.07, 6.45) is 0. The number of halogens is 1. The van der Waals surface area contributed by atoms with Crippen molar-refractivity contribution in [2.45, 2.75) is 30.9 Å². The van der Waals surface area contributed by atoms with Crippen LogP contribution in [0.25, 0.3) is 0 Å². The quantitative estimate of drug-likeness (QED) is 0.793. The van der Waals surface area contributed by atoms with Gasteiger partial charge in [0.1, 0.15) is 5.82 Å². The molecule has 1 fully saturated rings. The minimum atomic E-state index is -0.292. The summed E-state index contributed by atoms with van der Waals surface area (Å²) < 4.78 is 13.3. The smallest absolute Gasteiger partial charge is 0.236 e. The van der Waals surface area contributed by atoms with Gasteiger partial charge in [0.05, 0.1) is 5.25 Å². The lowest BCUT2D eigenvalue weighted by Crippen LogP contribution is -2.52. The molecular formula is C17H23FN2O2S. The van der Waals surface area contributed by atoms with Gasteiger partial charge in [-0.15, -0.1) is 11.8 Å². The lowest BCUT2D eigenvalue weighted by Gasteiger charge is -2.36. The molecule has 1 aromatic carbocycles. The fraction of sp³-hybridized carbons (Fsp3) is 0.529. The van der Waals surface area contributed by atoms with Crippen LogP contribution in [-0.2, 0) is 9.59 Å². The molecule has 0 bridgehead atoms. The molecule has 1 aromatic rings. The molecule has 0 spiro atoms. The average molecular weight is 338 g/mol. The molecule has 2 rings (SSSR count). The SMILES string of the molecule is CC(=O)N1CCN(C(=O)C(Sc2cccc(F)c2)C(C)C)CC1. The Kier molecular flexibility index (Phi) is 6.04. The van der Waals surface area contributed by atoms with Gasteiger partial charge < -0.3 is 9.80 Å². The standard InChI is InChI=1S/C17H23FN2O2S/c1-12(2)16(23-15-6-4-5-14(18)11-15)17(22)20-9-7-19(8-10-20)13(3)21/h4-6,11-12,16H,7-10H2,1-3H3. The number of carbonyl (C=O) groups is 2. The van der Waals surface area contributed by atoms with Crippen molar-refractivity contribution in [2.75, 3.05) is 26.2 Å². The minimum absolute atomic E-state index is 0.0478. The molecule has 1 saturated heterocycles. The Labute approximate surface area is 141 Å². The fourth-order valence-corrected chi connectivity index (χ4v) is 3.73. The number of amides is 2. The molecule has 4 nitrogen and oxygen atoms in total. The zero-order valence-electron chi connectivity index (χ0n) is 13.8. The maximum Gasteiger partial charge on any atom is 0.236 e. The zero-order chi connectivity index (χ0) is 17.0. The van der Waals surface area contributed by atoms with Crippen molar-refractivity contribution in [3.05, 3.63) is 30.1 Å². The van der Waals surface area contributed by atoms with E-state index < -0.39 is 0 Å². The first kappa shape index (κ1) is 17.8. The second-order valence-corrected chi connectivity index (χ2v) is 7.29. The first-order valence-electron chi connectivity index (χ1n) is 7.85. The molecule has 126 valence electrons. The van der Waals surface area contributed by atoms with Gasteiger partial charge in [0.15, 0.2) is 0 Å². The number of piperazine rings is 1. The van der Waals surface area contributed by atoms with Crippen LogP contribution in [0.15, 0.2) is 29.2 Å². The molecule has 0 saturated carbocycles. The monoisotopic (exact) mass is 338 g/mol. The highest BCUT2D eigenvalue weighted by molar-refractivity contribution is 8.00. The summed E-state index contributed by atoms with van der Waals surface area (Å²) in [5, 5.41) is -0.249. The Hall–Kier alpha value is -1.56. The molecule has 2 amide bonds. The highest BCUT2D eigenvalue weighted by atomic mass is 32.2. The lowest BCUT2D eigenvalue weighted by molar-refractivity contribution is -0.138. The average Bonchev–Trinajstić information content (AvgIpc) is 2.52. The summed E-state index contributed by atoms with van der Waals surface area (Å²) in [4.78, 5) is 28.5. The van der Waals surface area contributed by atoms with Gasteiger partial charge in [0.25, 0.3) is 0 Å². The van der Waals surface area contributed by atoms with E-state index in [1.54, 1.807) is 17.9 Å². The number of thioether (sulfide) groups is 1. The van der Waals surface area contributed by atoms with Crippen LogP contribution in [0, 0.1) is 11.7 Å². The highest BCUT2D eigenvalue weighted by Crippen LogP contribution is 2.30. The molecule has 1 atom stereocenters. The Morgan fingerprint density at radius 1 is 1.13 bits per heavy atom. The number of nitrogens with zero attached hydrogens (tertiary/aromatic N) is 2. The van der Waals surface area contributed by atoms with Crippen LogP contribution >= 0.6 is 11.8 Å². The second kappa shape index (κ2) is 7.81. The largest absolute Gasteiger partial charge is 0.339 e. The van der Waals surface area contributed by atoms with Crippen molar-refractivity contribution in [1.82, 2.24) is 9.80 Å². The molecule has 0 radical (unpaired) electrons. The summed E-state index contributed by atoms with van der Waals surface area (Å²) >= 11 is 1.41. The van der Waals surface area contributed by atoms with Gasteiger partial charge in [-0.05, 0) is 24.1 Å². The minimum Gasteiger partial charge on any atom is -0.339 e. The molecule has 6 heteroatoms. The summed E-state index contributed by atoms with van der Waals surface area (Å²) in [6.45, 7) is 7.83. The van der Waals surface area contributed by atoms with E-state index in [0.29, 0.717) is 26.2 Å². The number of hydrogen-bond donors (Lipinski definition) is 0. The number of carbonyl (C=O) groups excluding carboxylic acids is 2. The first-order chi connectivity index (χ1) is 10.9. The summed E-state index contributed by atoms with van der Waals surface area (Å²) in [5.41, 5.74) is 0. The third-order valence-electron chi connectivity index (χ3n) is 3.94. The third kappa shape index (κ3) is 4.70. The Bertz CT molecular complexity index is 571. The highest BCUT2D eigenvalue weighted by Gasteiger charge is 2.30. The van der Waals surface area contributed by atoms with E-state index in [9.17, 15) is 14.0 Å². The van der Waals surface area contributed by atoms with Gasteiger partial charge >= 0.3 is 0 Å². The summed E-state index contributed by atoms with van der Waals surface area (Å²) in [6, 6.07) is 6.34. The van der Waals surface area contributed by atoms with Crippen LogP contribution in [0.4, 0.5) is 4.39 Å². The Balaban J connectivity index is 2.03. The maximum atomic E-state index is 13.3. The predicted octanol–water partition coefficient (Wildman–Crippen LogP) is 2.63. The van der Waals surface area contributed by atoms with Crippen molar-refractivity contribution in [1.29, 1.82) is 0 Å². The number of benzene rings is 1. The normalized spacial score (nSPS) is 16.6. The van der Waals surface area contributed by atoms with E-state index >= 15 is 0 Å². The molecule has 0 aliphatic carbocycles. The molecule has 1 unspecified atom stereocenters. The van der Waals surface area contributed by atoms with Crippen LogP contribution in [0.5, 0.6) is 0 Å². The van der Waals surface area contributed by atoms with Gasteiger partial charge in [0.2, 0.25) is 11.8 Å². The molecule has 1 aliphatic heterocycles. The van der Waals surface area contributed by atoms with Crippen molar-refractivity contribution in [2.24, 2.45) is 5.92 Å². The van der Waals surface area contributed by atoms with Gasteiger partial charge in [-0.1, -0.05) is 19.9 Å². The van der Waals surface area contributed by atoms with Crippen molar-refractivity contribution < 1.29 is 14.0 Å². The number of hydrogen-bond acceptors (Lipinski definition) is 3. The molecule has 23 heavy (non-hydrogen) atoms. The van der Waals surface area contributed by atoms with Crippen LogP contribution < -0.4 is 0 Å². The van der Waals surface area contributed by atoms with Gasteiger partial charge in [-0.2, -0.15) is 0 Å². The number of rotatable bonds is 4. The molecule has 1 aliphatic rings. The maximum absolute atomic E-state index is 13.3. The van der Waals surface area contributed by atoms with Crippen molar-refractivity contribution >= 4 is 23.6 Å². The van der Waals surface area contributed by atoms with Gasteiger partial charge in [-0.25, -0.2) is 4.39 Å². The van der Waals surface area contributed by atoms with Crippen LogP contribution in [0.1, 0.15) is 20.8 Å². The Morgan fingerprint density at radius 3 is 2.26 bits per heavy atom. The van der Waals surface area contributed by atoms with E-state index in [4.69, 9.17) is 0 Å². The topological polar surface area (TPSA) is 40.6 Å². The van der Waals surface area contributed by atoms with E-state index in [0.717, 1.165) is 4.90 Å². The van der Waals surface area contributed by atoms with Crippen LogP contribution in [0.2, 0.25) is 0 Å². The first-order valence-corrected chi connectivity index (χ1v) is 8.73. The second-order valence-electron chi connectivity index (χ2n) is 6.07. The molecule has 0 aromatic heterocycles.